The van der Waals surface area contributed by atoms with Gasteiger partial charge in [0.05, 0.1) is 13.0 Å². The molecule has 0 unspecified atom stereocenters. The van der Waals surface area contributed by atoms with Gasteiger partial charge in [0, 0.05) is 6.20 Å². The molecule has 6 nitrogen and oxygen atoms in total. The first-order chi connectivity index (χ1) is 7.43. The highest BCUT2D eigenvalue weighted by Gasteiger charge is 2.33. The topological polar surface area (TPSA) is 82.2 Å². The molecule has 1 rings (SSSR count). The molecule has 0 aliphatic carbocycles. The summed E-state index contributed by atoms with van der Waals surface area (Å²) in [5.74, 6) is 4.01. The van der Waals surface area contributed by atoms with Gasteiger partial charge in [-0.2, -0.15) is 18.3 Å². The molecular weight excluding hydrogens is 229 g/mol. The Labute approximate surface area is 88.1 Å². The number of nitrogens with one attached hydrogen (secondary N) is 1. The lowest BCUT2D eigenvalue weighted by Gasteiger charge is -2.02. The number of nitrogens with zero attached hydrogens (tertiary/aromatic N) is 2. The molecule has 0 atom stereocenters. The fraction of sp³-hybridized carbons (Fsp3) is 0.429. The van der Waals surface area contributed by atoms with Gasteiger partial charge in [-0.3, -0.25) is 9.48 Å². The Morgan fingerprint density at radius 2 is 2.31 bits per heavy atom. The van der Waals surface area contributed by atoms with Crippen molar-refractivity contribution >= 4 is 5.97 Å². The van der Waals surface area contributed by atoms with Gasteiger partial charge in [-0.25, -0.2) is 5.84 Å². The minimum Gasteiger partial charge on any atom is -0.356 e. The van der Waals surface area contributed by atoms with Gasteiger partial charge in [-0.15, -0.1) is 0 Å². The molecule has 0 saturated heterocycles. The molecule has 0 aliphatic rings. The summed E-state index contributed by atoms with van der Waals surface area (Å²) in [6, 6.07) is 0.826. The smallest absolute Gasteiger partial charge is 0.356 e. The number of aryl methyl sites for hydroxylation is 1. The summed E-state index contributed by atoms with van der Waals surface area (Å²) in [6.45, 7) is -0.0173. The van der Waals surface area contributed by atoms with Gasteiger partial charge in [-0.05, 0) is 6.07 Å². The van der Waals surface area contributed by atoms with Crippen LogP contribution in [0.25, 0.3) is 0 Å². The maximum Gasteiger partial charge on any atom is 0.435 e. The third-order valence-corrected chi connectivity index (χ3v) is 1.65. The number of hydrazine groups is 1. The molecule has 0 radical (unpaired) electrons. The summed E-state index contributed by atoms with van der Waals surface area (Å²) < 4.78 is 37.4. The van der Waals surface area contributed by atoms with Gasteiger partial charge in [0.25, 0.3) is 0 Å². The minimum atomic E-state index is -4.48. The van der Waals surface area contributed by atoms with Crippen molar-refractivity contribution in [2.45, 2.75) is 19.1 Å². The van der Waals surface area contributed by atoms with Gasteiger partial charge in [-0.1, -0.05) is 5.59 Å². The second-order valence-corrected chi connectivity index (χ2v) is 2.80. The van der Waals surface area contributed by atoms with E-state index in [9.17, 15) is 18.0 Å². The van der Waals surface area contributed by atoms with Crippen molar-refractivity contribution in [3.63, 3.8) is 0 Å². The summed E-state index contributed by atoms with van der Waals surface area (Å²) >= 11 is 0. The number of nitrogens with two attached hydrogens (primary N) is 1. The van der Waals surface area contributed by atoms with E-state index >= 15 is 0 Å². The first kappa shape index (κ1) is 12.5. The van der Waals surface area contributed by atoms with Crippen molar-refractivity contribution in [2.24, 2.45) is 5.84 Å². The van der Waals surface area contributed by atoms with Gasteiger partial charge in [0.1, 0.15) is 0 Å². The van der Waals surface area contributed by atoms with Crippen LogP contribution in [-0.2, 0) is 22.4 Å². The van der Waals surface area contributed by atoms with Gasteiger partial charge < -0.3 is 4.84 Å². The van der Waals surface area contributed by atoms with Crippen LogP contribution in [0.5, 0.6) is 0 Å². The lowest BCUT2D eigenvalue weighted by molar-refractivity contribution is -0.151. The fourth-order valence-corrected chi connectivity index (χ4v) is 0.960. The van der Waals surface area contributed by atoms with E-state index in [0.29, 0.717) is 0 Å². The largest absolute Gasteiger partial charge is 0.435 e. The summed E-state index contributed by atoms with van der Waals surface area (Å²) in [5, 5.41) is 3.25. The van der Waals surface area contributed by atoms with Crippen LogP contribution in [0.2, 0.25) is 0 Å². The van der Waals surface area contributed by atoms with Crippen molar-refractivity contribution in [1.82, 2.24) is 15.4 Å². The summed E-state index contributed by atoms with van der Waals surface area (Å²) in [5.41, 5.74) is 0.672. The van der Waals surface area contributed by atoms with Crippen LogP contribution in [0.15, 0.2) is 12.3 Å². The van der Waals surface area contributed by atoms with Crippen molar-refractivity contribution in [1.29, 1.82) is 0 Å². The van der Waals surface area contributed by atoms with E-state index in [4.69, 9.17) is 5.84 Å². The Kier molecular flexibility index (Phi) is 3.85. The molecule has 9 heteroatoms. The fourth-order valence-electron chi connectivity index (χ4n) is 0.960. The molecule has 0 aliphatic heterocycles. The molecule has 0 amide bonds. The van der Waals surface area contributed by atoms with Crippen LogP contribution in [0, 0.1) is 0 Å². The minimum absolute atomic E-state index is 0.0173. The molecule has 1 aromatic rings. The predicted octanol–water partition coefficient (Wildman–Crippen LogP) is 0.214. The van der Waals surface area contributed by atoms with Crippen molar-refractivity contribution in [2.75, 3.05) is 0 Å². The first-order valence-corrected chi connectivity index (χ1v) is 4.19. The Bertz CT molecular complexity index is 363. The molecule has 1 aromatic heterocycles. The van der Waals surface area contributed by atoms with Crippen molar-refractivity contribution in [3.05, 3.63) is 18.0 Å². The third kappa shape index (κ3) is 3.51. The van der Waals surface area contributed by atoms with Crippen LogP contribution in [0.4, 0.5) is 13.2 Å². The zero-order chi connectivity index (χ0) is 12.2. The highest BCUT2D eigenvalue weighted by Crippen LogP contribution is 2.27. The quantitative estimate of drug-likeness (QED) is 0.579. The number of hydrogen-bond donors (Lipinski definition) is 2. The molecule has 0 fully saturated rings. The van der Waals surface area contributed by atoms with E-state index < -0.39 is 17.8 Å². The van der Waals surface area contributed by atoms with Crippen LogP contribution < -0.4 is 11.4 Å². The summed E-state index contributed by atoms with van der Waals surface area (Å²) in [7, 11) is 0. The van der Waals surface area contributed by atoms with E-state index in [1.54, 1.807) is 5.59 Å². The molecule has 3 N–H and O–H groups in total. The van der Waals surface area contributed by atoms with Crippen LogP contribution in [0.1, 0.15) is 12.1 Å². The predicted molar refractivity (Wildman–Crippen MR) is 45.3 cm³/mol. The zero-order valence-electron chi connectivity index (χ0n) is 7.99. The summed E-state index contributed by atoms with van der Waals surface area (Å²) in [6.07, 6.45) is -3.49. The highest BCUT2D eigenvalue weighted by molar-refractivity contribution is 5.68. The van der Waals surface area contributed by atoms with Gasteiger partial charge in [0.2, 0.25) is 0 Å². The molecule has 0 saturated carbocycles. The van der Waals surface area contributed by atoms with E-state index in [2.05, 4.69) is 9.94 Å². The Morgan fingerprint density at radius 3 is 2.81 bits per heavy atom. The van der Waals surface area contributed by atoms with Crippen LogP contribution in [-0.4, -0.2) is 15.7 Å². The highest BCUT2D eigenvalue weighted by atomic mass is 19.4. The number of aromatic nitrogens is 2. The van der Waals surface area contributed by atoms with E-state index in [1.807, 2.05) is 0 Å². The second kappa shape index (κ2) is 4.94. The second-order valence-electron chi connectivity index (χ2n) is 2.80. The monoisotopic (exact) mass is 238 g/mol. The Morgan fingerprint density at radius 1 is 1.62 bits per heavy atom. The molecule has 0 aromatic carbocycles. The van der Waals surface area contributed by atoms with E-state index in [-0.39, 0.29) is 13.0 Å². The molecule has 0 bridgehead atoms. The van der Waals surface area contributed by atoms with Crippen molar-refractivity contribution in [3.8, 4) is 0 Å². The van der Waals surface area contributed by atoms with E-state index in [1.165, 1.54) is 0 Å². The molecular formula is C7H9F3N4O2. The lowest BCUT2D eigenvalue weighted by atomic mass is 10.4. The van der Waals surface area contributed by atoms with Gasteiger partial charge >= 0.3 is 12.1 Å². The average molecular weight is 238 g/mol. The number of carbonyl (C=O) groups is 1. The average Bonchev–Trinajstić information content (AvgIpc) is 2.63. The third-order valence-electron chi connectivity index (χ3n) is 1.65. The number of halogens is 3. The van der Waals surface area contributed by atoms with Crippen LogP contribution in [0.3, 0.4) is 0 Å². The lowest BCUT2D eigenvalue weighted by Crippen LogP contribution is -2.26. The summed E-state index contributed by atoms with van der Waals surface area (Å²) in [4.78, 5) is 15.0. The molecule has 1 heterocycles. The Hall–Kier alpha value is -1.61. The SMILES string of the molecule is NNOC(=O)CCn1ccc(C(F)(F)F)n1. The Balaban J connectivity index is 2.50. The maximum atomic E-state index is 12.1. The molecule has 16 heavy (non-hydrogen) atoms. The number of carbonyl (C=O) groups excluding carboxylic acids is 1. The first-order valence-electron chi connectivity index (χ1n) is 4.19. The molecule has 90 valence electrons. The maximum absolute atomic E-state index is 12.1. The van der Waals surface area contributed by atoms with Crippen molar-refractivity contribution < 1.29 is 22.8 Å². The number of alkyl halides is 3. The zero-order valence-corrected chi connectivity index (χ0v) is 7.99. The standard InChI is InChI=1S/C7H9F3N4O2/c8-7(9,10)5-1-3-14(12-5)4-2-6(15)16-13-11/h1,3,13H,2,4,11H2. The number of rotatable bonds is 4. The number of hydrogen-bond acceptors (Lipinski definition) is 5. The van der Waals surface area contributed by atoms with Crippen LogP contribution >= 0.6 is 0 Å². The van der Waals surface area contributed by atoms with E-state index in [0.717, 1.165) is 16.9 Å². The van der Waals surface area contributed by atoms with Gasteiger partial charge in [0.15, 0.2) is 5.69 Å². The normalized spacial score (nSPS) is 11.5. The molecule has 0 spiro atoms.